The molecule has 0 saturated carbocycles. The molecule has 7 heteroatoms. The van der Waals surface area contributed by atoms with Crippen LogP contribution in [0.1, 0.15) is 0 Å². The number of hydrogen-bond acceptors (Lipinski definition) is 3. The van der Waals surface area contributed by atoms with E-state index in [0.29, 0.717) is 0 Å². The van der Waals surface area contributed by atoms with E-state index in [2.05, 4.69) is 26.0 Å². The van der Waals surface area contributed by atoms with Crippen molar-refractivity contribution >= 4 is 21.9 Å². The van der Waals surface area contributed by atoms with Gasteiger partial charge in [0.1, 0.15) is 4.83 Å². The molecule has 0 aromatic heterocycles. The topological polar surface area (TPSA) is 38.3 Å². The molecule has 0 fully saturated rings. The Bertz CT molecular complexity index is 174. The minimum atomic E-state index is -4.26. The second-order valence-electron chi connectivity index (χ2n) is 2.24. The van der Waals surface area contributed by atoms with Crippen LogP contribution in [0.2, 0.25) is 0 Å². The predicted octanol–water partition coefficient (Wildman–Crippen LogP) is 1.07. The standard InChI is InChI=1S/C6H9BrF3NO2/c1-13-5(12)4(7)2-11-3-6(8,9)10/h4,11H,2-3H2,1H3. The van der Waals surface area contributed by atoms with Crippen LogP contribution in [0.5, 0.6) is 0 Å². The lowest BCUT2D eigenvalue weighted by Gasteiger charge is -2.10. The average Bonchev–Trinajstić information content (AvgIpc) is 2.00. The number of carbonyl (C=O) groups excluding carboxylic acids is 1. The SMILES string of the molecule is COC(=O)C(Br)CNCC(F)(F)F. The fourth-order valence-electron chi connectivity index (χ4n) is 0.552. The lowest BCUT2D eigenvalue weighted by molar-refractivity contribution is -0.140. The van der Waals surface area contributed by atoms with Gasteiger partial charge in [-0.25, -0.2) is 0 Å². The summed E-state index contributed by atoms with van der Waals surface area (Å²) in [5, 5.41) is 2.07. The molecule has 0 bridgehead atoms. The molecule has 0 aromatic rings. The molecule has 0 aliphatic rings. The number of esters is 1. The number of ether oxygens (including phenoxy) is 1. The van der Waals surface area contributed by atoms with E-state index in [1.54, 1.807) is 0 Å². The summed E-state index contributed by atoms with van der Waals surface area (Å²) >= 11 is 2.87. The van der Waals surface area contributed by atoms with Gasteiger partial charge in [-0.3, -0.25) is 4.79 Å². The number of rotatable bonds is 4. The molecular formula is C6H9BrF3NO2. The van der Waals surface area contributed by atoms with Gasteiger partial charge < -0.3 is 10.1 Å². The third kappa shape index (κ3) is 6.83. The van der Waals surface area contributed by atoms with Gasteiger partial charge in [0, 0.05) is 6.54 Å². The minimum absolute atomic E-state index is 0.119. The summed E-state index contributed by atoms with van der Waals surface area (Å²) in [5.41, 5.74) is 0. The van der Waals surface area contributed by atoms with Crippen LogP contribution in [-0.2, 0) is 9.53 Å². The summed E-state index contributed by atoms with van der Waals surface area (Å²) < 4.78 is 39.1. The van der Waals surface area contributed by atoms with Crippen LogP contribution in [0.4, 0.5) is 13.2 Å². The Kier molecular flexibility index (Phi) is 5.31. The largest absolute Gasteiger partial charge is 0.468 e. The van der Waals surface area contributed by atoms with E-state index >= 15 is 0 Å². The van der Waals surface area contributed by atoms with E-state index in [0.717, 1.165) is 0 Å². The molecule has 1 atom stereocenters. The molecule has 0 aliphatic heterocycles. The molecule has 0 rings (SSSR count). The van der Waals surface area contributed by atoms with E-state index in [1.807, 2.05) is 0 Å². The fourth-order valence-corrected chi connectivity index (χ4v) is 0.968. The van der Waals surface area contributed by atoms with Crippen molar-refractivity contribution in [2.45, 2.75) is 11.0 Å². The predicted molar refractivity (Wildman–Crippen MR) is 43.7 cm³/mol. The maximum Gasteiger partial charge on any atom is 0.401 e. The number of methoxy groups -OCH3 is 1. The van der Waals surface area contributed by atoms with Crippen molar-refractivity contribution in [1.82, 2.24) is 5.32 Å². The molecule has 0 amide bonds. The van der Waals surface area contributed by atoms with Gasteiger partial charge in [-0.05, 0) is 0 Å². The van der Waals surface area contributed by atoms with Crippen LogP contribution < -0.4 is 5.32 Å². The first kappa shape index (κ1) is 12.7. The summed E-state index contributed by atoms with van der Waals surface area (Å²) in [6.07, 6.45) is -4.26. The van der Waals surface area contributed by atoms with Crippen LogP contribution in [0, 0.1) is 0 Å². The van der Waals surface area contributed by atoms with E-state index in [-0.39, 0.29) is 6.54 Å². The molecule has 0 saturated heterocycles. The number of halogens is 4. The fraction of sp³-hybridized carbons (Fsp3) is 0.833. The quantitative estimate of drug-likeness (QED) is 0.609. The van der Waals surface area contributed by atoms with Crippen molar-refractivity contribution in [2.24, 2.45) is 0 Å². The van der Waals surface area contributed by atoms with Gasteiger partial charge >= 0.3 is 12.1 Å². The van der Waals surface area contributed by atoms with Crippen LogP contribution in [0.25, 0.3) is 0 Å². The smallest absolute Gasteiger partial charge is 0.401 e. The summed E-state index contributed by atoms with van der Waals surface area (Å²) in [4.78, 5) is 9.93. The molecule has 3 nitrogen and oxygen atoms in total. The molecule has 0 aliphatic carbocycles. The van der Waals surface area contributed by atoms with Crippen molar-refractivity contribution in [1.29, 1.82) is 0 Å². The van der Waals surface area contributed by atoms with Gasteiger partial charge in [0.05, 0.1) is 13.7 Å². The van der Waals surface area contributed by atoms with Crippen LogP contribution in [0.15, 0.2) is 0 Å². The molecule has 1 N–H and O–H groups in total. The number of alkyl halides is 4. The Hall–Kier alpha value is -0.300. The normalized spacial score (nSPS) is 13.9. The van der Waals surface area contributed by atoms with E-state index in [4.69, 9.17) is 0 Å². The van der Waals surface area contributed by atoms with Gasteiger partial charge in [-0.15, -0.1) is 0 Å². The second kappa shape index (κ2) is 5.43. The summed E-state index contributed by atoms with van der Waals surface area (Å²) in [5.74, 6) is -0.602. The lowest BCUT2D eigenvalue weighted by atomic mass is 10.4. The highest BCUT2D eigenvalue weighted by Crippen LogP contribution is 2.12. The van der Waals surface area contributed by atoms with Crippen molar-refractivity contribution in [3.8, 4) is 0 Å². The zero-order chi connectivity index (χ0) is 10.5. The van der Waals surface area contributed by atoms with Crippen molar-refractivity contribution in [3.05, 3.63) is 0 Å². The zero-order valence-electron chi connectivity index (χ0n) is 6.82. The van der Waals surface area contributed by atoms with Gasteiger partial charge in [0.2, 0.25) is 0 Å². The Morgan fingerprint density at radius 3 is 2.54 bits per heavy atom. The summed E-state index contributed by atoms with van der Waals surface area (Å²) in [6.45, 7) is -1.24. The Labute approximate surface area is 81.8 Å². The van der Waals surface area contributed by atoms with Gasteiger partial charge in [-0.2, -0.15) is 13.2 Å². The Morgan fingerprint density at radius 1 is 1.62 bits per heavy atom. The monoisotopic (exact) mass is 263 g/mol. The number of nitrogens with one attached hydrogen (secondary N) is 1. The molecule has 1 unspecified atom stereocenters. The minimum Gasteiger partial charge on any atom is -0.468 e. The first-order chi connectivity index (χ1) is 5.87. The number of carbonyl (C=O) groups is 1. The highest BCUT2D eigenvalue weighted by molar-refractivity contribution is 9.10. The van der Waals surface area contributed by atoms with Gasteiger partial charge in [0.15, 0.2) is 0 Å². The highest BCUT2D eigenvalue weighted by Gasteiger charge is 2.27. The van der Waals surface area contributed by atoms with Crippen LogP contribution >= 0.6 is 15.9 Å². The highest BCUT2D eigenvalue weighted by atomic mass is 79.9. The van der Waals surface area contributed by atoms with Crippen molar-refractivity contribution in [2.75, 3.05) is 20.2 Å². The molecule has 13 heavy (non-hydrogen) atoms. The third-order valence-corrected chi connectivity index (χ3v) is 1.80. The zero-order valence-corrected chi connectivity index (χ0v) is 8.41. The molecule has 0 aromatic carbocycles. The number of hydrogen-bond donors (Lipinski definition) is 1. The van der Waals surface area contributed by atoms with Gasteiger partial charge in [0.25, 0.3) is 0 Å². The second-order valence-corrected chi connectivity index (χ2v) is 3.34. The first-order valence-electron chi connectivity index (χ1n) is 3.36. The molecule has 0 spiro atoms. The van der Waals surface area contributed by atoms with E-state index in [9.17, 15) is 18.0 Å². The summed E-state index contributed by atoms with van der Waals surface area (Å²) in [7, 11) is 1.17. The lowest BCUT2D eigenvalue weighted by Crippen LogP contribution is -2.35. The van der Waals surface area contributed by atoms with E-state index in [1.165, 1.54) is 7.11 Å². The molecular weight excluding hydrogens is 255 g/mol. The maximum absolute atomic E-state index is 11.6. The van der Waals surface area contributed by atoms with Crippen LogP contribution in [-0.4, -0.2) is 37.2 Å². The molecule has 78 valence electrons. The van der Waals surface area contributed by atoms with Crippen molar-refractivity contribution in [3.63, 3.8) is 0 Å². The van der Waals surface area contributed by atoms with Crippen LogP contribution in [0.3, 0.4) is 0 Å². The van der Waals surface area contributed by atoms with Gasteiger partial charge in [-0.1, -0.05) is 15.9 Å². The Balaban J connectivity index is 3.59. The average molecular weight is 264 g/mol. The Morgan fingerprint density at radius 2 is 2.15 bits per heavy atom. The molecule has 0 radical (unpaired) electrons. The van der Waals surface area contributed by atoms with E-state index < -0.39 is 23.5 Å². The third-order valence-electron chi connectivity index (χ3n) is 1.11. The maximum atomic E-state index is 11.6. The molecule has 0 heterocycles. The van der Waals surface area contributed by atoms with Crippen molar-refractivity contribution < 1.29 is 22.7 Å². The summed E-state index contributed by atoms with van der Waals surface area (Å²) in [6, 6.07) is 0. The first-order valence-corrected chi connectivity index (χ1v) is 4.27.